The molecule has 0 unspecified atom stereocenters. The monoisotopic (exact) mass is 1080 g/mol. The Labute approximate surface area is 490 Å². The zero-order valence-electron chi connectivity index (χ0n) is 46.2. The molecule has 1 aliphatic rings. The van der Waals surface area contributed by atoms with Crippen LogP contribution >= 0.6 is 0 Å². The van der Waals surface area contributed by atoms with Gasteiger partial charge in [0.1, 0.15) is 0 Å². The van der Waals surface area contributed by atoms with Crippen LogP contribution in [0.1, 0.15) is 11.1 Å². The third kappa shape index (κ3) is 8.19. The summed E-state index contributed by atoms with van der Waals surface area (Å²) in [7, 11) is 0. The van der Waals surface area contributed by atoms with Gasteiger partial charge in [-0.15, -0.1) is 0 Å². The Balaban J connectivity index is 0.000000284. The van der Waals surface area contributed by atoms with E-state index in [2.05, 4.69) is 282 Å². The van der Waals surface area contributed by atoms with Crippen molar-refractivity contribution in [1.29, 1.82) is 0 Å². The molecule has 3 aromatic heterocycles. The van der Waals surface area contributed by atoms with Gasteiger partial charge in [0.15, 0.2) is 17.5 Å². The molecule has 1 aliphatic carbocycles. The van der Waals surface area contributed by atoms with E-state index in [1.165, 1.54) is 92.7 Å². The van der Waals surface area contributed by atoms with Gasteiger partial charge in [-0.25, -0.2) is 15.0 Å². The lowest BCUT2D eigenvalue weighted by Gasteiger charge is -2.15. The van der Waals surface area contributed by atoms with Gasteiger partial charge in [0.25, 0.3) is 0 Å². The Kier molecular flexibility index (Phi) is 11.2. The maximum Gasteiger partial charge on any atom is 0.164 e. The first-order chi connectivity index (χ1) is 42.1. The molecule has 0 aliphatic heterocycles. The quantitative estimate of drug-likeness (QED) is 0.167. The van der Waals surface area contributed by atoms with E-state index < -0.39 is 0 Å². The standard InChI is InChI=1S/C63H39N5.C17H12/c1-3-15-40(16-4-1)41-27-29-43(30-28-41)62-64-61(42-17-5-2-6-18-42)65-63(66-62)53-33-34-58(50-22-10-9-21-49(50)53)68-57-26-14-12-24-52(57)55-37-47-35-48(32-31-46(47)39-60(55)68)67-56-25-13-11-23-51(56)54-36-44-19-7-8-20-45(44)38-59(54)67;1-2-6-13-11-17-15(9-12(13)5-1)10-14-7-3-4-8-16(14)17/h1-39H;1-9,11H,10H2. The molecule has 0 spiro atoms. The van der Waals surface area contributed by atoms with Crippen molar-refractivity contribution in [2.75, 3.05) is 0 Å². The van der Waals surface area contributed by atoms with E-state index in [9.17, 15) is 0 Å². The van der Waals surface area contributed by atoms with Crippen LogP contribution in [-0.2, 0) is 6.42 Å². The van der Waals surface area contributed by atoms with Gasteiger partial charge >= 0.3 is 0 Å². The van der Waals surface area contributed by atoms with Crippen LogP contribution in [0.4, 0.5) is 0 Å². The van der Waals surface area contributed by atoms with E-state index in [1.807, 2.05) is 24.3 Å². The number of hydrogen-bond acceptors (Lipinski definition) is 3. The van der Waals surface area contributed by atoms with Crippen molar-refractivity contribution in [3.8, 4) is 67.8 Å². The smallest absolute Gasteiger partial charge is 0.164 e. The lowest BCUT2D eigenvalue weighted by atomic mass is 10.0. The van der Waals surface area contributed by atoms with Crippen LogP contribution in [0.15, 0.2) is 297 Å². The Morgan fingerprint density at radius 2 is 0.718 bits per heavy atom. The molecule has 0 bridgehead atoms. The van der Waals surface area contributed by atoms with Crippen LogP contribution < -0.4 is 0 Å². The summed E-state index contributed by atoms with van der Waals surface area (Å²) in [4.78, 5) is 15.5. The third-order valence-electron chi connectivity index (χ3n) is 17.4. The molecule has 0 amide bonds. The predicted octanol–water partition coefficient (Wildman–Crippen LogP) is 20.6. The third-order valence-corrected chi connectivity index (χ3v) is 17.4. The number of nitrogens with zero attached hydrogens (tertiary/aromatic N) is 5. The number of fused-ring (bicyclic) bond motifs is 13. The van der Waals surface area contributed by atoms with Crippen molar-refractivity contribution >= 4 is 86.7 Å². The van der Waals surface area contributed by atoms with Crippen molar-refractivity contribution in [2.45, 2.75) is 6.42 Å². The molecule has 17 aromatic rings. The molecule has 0 saturated heterocycles. The maximum atomic E-state index is 5.22. The molecule has 5 heteroatoms. The molecule has 5 nitrogen and oxygen atoms in total. The van der Waals surface area contributed by atoms with Crippen molar-refractivity contribution in [2.24, 2.45) is 0 Å². The van der Waals surface area contributed by atoms with Gasteiger partial charge < -0.3 is 9.13 Å². The zero-order chi connectivity index (χ0) is 56.0. The van der Waals surface area contributed by atoms with Gasteiger partial charge in [-0.1, -0.05) is 231 Å². The summed E-state index contributed by atoms with van der Waals surface area (Å²) < 4.78 is 4.86. The summed E-state index contributed by atoms with van der Waals surface area (Å²) in [6, 6.07) is 107. The van der Waals surface area contributed by atoms with Crippen LogP contribution in [0.5, 0.6) is 0 Å². The first-order valence-electron chi connectivity index (χ1n) is 29.1. The molecule has 0 fully saturated rings. The number of rotatable bonds is 6. The Bertz CT molecular complexity index is 5500. The van der Waals surface area contributed by atoms with Crippen molar-refractivity contribution in [3.63, 3.8) is 0 Å². The van der Waals surface area contributed by atoms with E-state index in [0.29, 0.717) is 17.5 Å². The minimum Gasteiger partial charge on any atom is -0.309 e. The molecule has 0 radical (unpaired) electrons. The van der Waals surface area contributed by atoms with Gasteiger partial charge in [0.2, 0.25) is 0 Å². The van der Waals surface area contributed by atoms with E-state index in [-0.39, 0.29) is 0 Å². The lowest BCUT2D eigenvalue weighted by Crippen LogP contribution is -2.02. The minimum atomic E-state index is 0.629. The highest BCUT2D eigenvalue weighted by Crippen LogP contribution is 2.42. The zero-order valence-corrected chi connectivity index (χ0v) is 46.2. The predicted molar refractivity (Wildman–Crippen MR) is 355 cm³/mol. The Hall–Kier alpha value is -11.3. The second-order valence-electron chi connectivity index (χ2n) is 22.3. The number of benzene rings is 14. The molecule has 18 rings (SSSR count). The highest BCUT2D eigenvalue weighted by molar-refractivity contribution is 6.17. The van der Waals surface area contributed by atoms with Crippen molar-refractivity contribution in [3.05, 3.63) is 308 Å². The van der Waals surface area contributed by atoms with Crippen LogP contribution in [0.2, 0.25) is 0 Å². The molecule has 85 heavy (non-hydrogen) atoms. The summed E-state index contributed by atoms with van der Waals surface area (Å²) in [5.74, 6) is 1.89. The van der Waals surface area contributed by atoms with E-state index >= 15 is 0 Å². The molecule has 0 saturated carbocycles. The number of para-hydroxylation sites is 2. The molecular weight excluding hydrogens is 1030 g/mol. The first kappa shape index (κ1) is 48.4. The minimum absolute atomic E-state index is 0.629. The van der Waals surface area contributed by atoms with Gasteiger partial charge in [0.05, 0.1) is 27.8 Å². The van der Waals surface area contributed by atoms with E-state index in [1.54, 1.807) is 0 Å². The Morgan fingerprint density at radius 1 is 0.235 bits per heavy atom. The van der Waals surface area contributed by atoms with Crippen LogP contribution in [0.3, 0.4) is 0 Å². The summed E-state index contributed by atoms with van der Waals surface area (Å²) in [6.07, 6.45) is 1.08. The van der Waals surface area contributed by atoms with E-state index in [0.717, 1.165) is 61.9 Å². The number of aromatic nitrogens is 5. The largest absolute Gasteiger partial charge is 0.309 e. The fourth-order valence-electron chi connectivity index (χ4n) is 13.3. The van der Waals surface area contributed by atoms with Gasteiger partial charge in [-0.05, 0) is 144 Å². The Morgan fingerprint density at radius 3 is 1.42 bits per heavy atom. The second kappa shape index (κ2) is 19.7. The summed E-state index contributed by atoms with van der Waals surface area (Å²) >= 11 is 0. The maximum absolute atomic E-state index is 5.22. The van der Waals surface area contributed by atoms with Crippen LogP contribution in [0, 0.1) is 0 Å². The average molecular weight is 1080 g/mol. The lowest BCUT2D eigenvalue weighted by molar-refractivity contribution is 1.08. The highest BCUT2D eigenvalue weighted by atomic mass is 15.0. The average Bonchev–Trinajstić information content (AvgIpc) is 2.51. The molecule has 14 aromatic carbocycles. The number of hydrogen-bond donors (Lipinski definition) is 0. The van der Waals surface area contributed by atoms with Gasteiger partial charge in [-0.2, -0.15) is 0 Å². The fraction of sp³-hybridized carbons (Fsp3) is 0.0125. The molecule has 0 atom stereocenters. The summed E-state index contributed by atoms with van der Waals surface area (Å²) in [6.45, 7) is 0. The fourth-order valence-corrected chi connectivity index (χ4v) is 13.3. The normalized spacial score (nSPS) is 12.0. The molecule has 0 N–H and O–H groups in total. The molecule has 396 valence electrons. The van der Waals surface area contributed by atoms with Crippen molar-refractivity contribution in [1.82, 2.24) is 24.1 Å². The van der Waals surface area contributed by atoms with Gasteiger partial charge in [-0.3, -0.25) is 0 Å². The summed E-state index contributed by atoms with van der Waals surface area (Å²) in [5, 5.41) is 14.7. The molecule has 3 heterocycles. The second-order valence-corrected chi connectivity index (χ2v) is 22.3. The van der Waals surface area contributed by atoms with Gasteiger partial charge in [0, 0.05) is 49.3 Å². The van der Waals surface area contributed by atoms with Crippen LogP contribution in [0.25, 0.3) is 154 Å². The topological polar surface area (TPSA) is 48.5 Å². The van der Waals surface area contributed by atoms with E-state index in [4.69, 9.17) is 15.0 Å². The van der Waals surface area contributed by atoms with Crippen molar-refractivity contribution < 1.29 is 0 Å². The summed E-state index contributed by atoms with van der Waals surface area (Å²) in [5.41, 5.74) is 17.8. The molecular formula is C80H51N5. The van der Waals surface area contributed by atoms with Crippen LogP contribution in [-0.4, -0.2) is 24.1 Å². The SMILES string of the molecule is c1ccc(-c2ccc(-c3nc(-c4ccccc4)nc(-c4ccc(-n5c6ccccc6c6cc7cc(-n8c9ccccc9c9cc%10ccccc%10cc98)ccc7cc65)c5ccccc45)n3)cc2)cc1.c1ccc2c(c1)Cc1cc3ccccc3cc1-2. The first-order valence-corrected chi connectivity index (χ1v) is 29.1. The highest BCUT2D eigenvalue weighted by Gasteiger charge is 2.22.